The number of aryl methyl sites for hydroxylation is 1. The number of hydrogen-bond acceptors (Lipinski definition) is 2. The average Bonchev–Trinajstić information content (AvgIpc) is 2.29. The Labute approximate surface area is 109 Å². The fourth-order valence-corrected chi connectivity index (χ4v) is 1.66. The molecular formula is C16H22O2. The van der Waals surface area contributed by atoms with E-state index < -0.39 is 5.41 Å². The van der Waals surface area contributed by atoms with E-state index in [0.29, 0.717) is 5.56 Å². The summed E-state index contributed by atoms with van der Waals surface area (Å²) in [5.41, 5.74) is 1.42. The molecule has 0 bridgehead atoms. The Kier molecular flexibility index (Phi) is 4.83. The van der Waals surface area contributed by atoms with E-state index in [9.17, 15) is 9.59 Å². The quantitative estimate of drug-likeness (QED) is 0.584. The van der Waals surface area contributed by atoms with Crippen molar-refractivity contribution >= 4 is 11.6 Å². The molecule has 0 amide bonds. The number of rotatable bonds is 5. The number of carbonyl (C=O) groups excluding carboxylic acids is 2. The van der Waals surface area contributed by atoms with Gasteiger partial charge in [-0.15, -0.1) is 0 Å². The molecule has 0 aliphatic carbocycles. The summed E-state index contributed by atoms with van der Waals surface area (Å²) in [7, 11) is 0. The van der Waals surface area contributed by atoms with Crippen molar-refractivity contribution in [2.45, 2.75) is 47.0 Å². The highest BCUT2D eigenvalue weighted by Gasteiger charge is 2.23. The molecule has 98 valence electrons. The van der Waals surface area contributed by atoms with E-state index >= 15 is 0 Å². The highest BCUT2D eigenvalue weighted by Crippen LogP contribution is 2.18. The molecule has 0 radical (unpaired) electrons. The zero-order chi connectivity index (χ0) is 13.8. The Morgan fingerprint density at radius 1 is 1.06 bits per heavy atom. The van der Waals surface area contributed by atoms with Gasteiger partial charge in [0.2, 0.25) is 0 Å². The molecule has 0 unspecified atom stereocenters. The van der Waals surface area contributed by atoms with E-state index in [1.54, 1.807) is 0 Å². The third-order valence-corrected chi connectivity index (χ3v) is 2.97. The highest BCUT2D eigenvalue weighted by atomic mass is 16.1. The maximum atomic E-state index is 12.0. The molecule has 1 aromatic carbocycles. The maximum absolute atomic E-state index is 12.0. The first-order chi connectivity index (χ1) is 8.34. The largest absolute Gasteiger partial charge is 0.299 e. The molecule has 0 aliphatic heterocycles. The lowest BCUT2D eigenvalue weighted by Crippen LogP contribution is -2.23. The summed E-state index contributed by atoms with van der Waals surface area (Å²) in [6.45, 7) is 7.65. The number of benzene rings is 1. The minimum Gasteiger partial charge on any atom is -0.299 e. The molecule has 0 fully saturated rings. The molecule has 2 heteroatoms. The molecule has 1 aromatic rings. The van der Waals surface area contributed by atoms with E-state index in [-0.39, 0.29) is 18.0 Å². The summed E-state index contributed by atoms with van der Waals surface area (Å²) >= 11 is 0. The predicted molar refractivity (Wildman–Crippen MR) is 73.8 cm³/mol. The van der Waals surface area contributed by atoms with Crippen LogP contribution >= 0.6 is 0 Å². The second kappa shape index (κ2) is 5.94. The van der Waals surface area contributed by atoms with Gasteiger partial charge in [0.25, 0.3) is 0 Å². The van der Waals surface area contributed by atoms with E-state index in [1.807, 2.05) is 45.0 Å². The predicted octanol–water partition coefficient (Wildman–Crippen LogP) is 3.83. The molecule has 0 atom stereocenters. The van der Waals surface area contributed by atoms with Crippen LogP contribution in [-0.4, -0.2) is 11.6 Å². The van der Waals surface area contributed by atoms with Gasteiger partial charge in [-0.25, -0.2) is 0 Å². The van der Waals surface area contributed by atoms with Crippen molar-refractivity contribution in [3.05, 3.63) is 35.4 Å². The molecule has 0 N–H and O–H groups in total. The van der Waals surface area contributed by atoms with Crippen LogP contribution in [0.2, 0.25) is 0 Å². The minimum atomic E-state index is -0.447. The molecule has 0 saturated carbocycles. The minimum absolute atomic E-state index is 0.00335. The molecular weight excluding hydrogens is 224 g/mol. The summed E-state index contributed by atoms with van der Waals surface area (Å²) in [5, 5.41) is 0. The van der Waals surface area contributed by atoms with Crippen molar-refractivity contribution in [3.63, 3.8) is 0 Å². The molecule has 0 aliphatic rings. The van der Waals surface area contributed by atoms with Crippen LogP contribution in [0.4, 0.5) is 0 Å². The third kappa shape index (κ3) is 4.10. The van der Waals surface area contributed by atoms with E-state index in [2.05, 4.69) is 6.92 Å². The van der Waals surface area contributed by atoms with Gasteiger partial charge >= 0.3 is 0 Å². The molecule has 0 spiro atoms. The highest BCUT2D eigenvalue weighted by molar-refractivity contribution is 6.09. The summed E-state index contributed by atoms with van der Waals surface area (Å²) < 4.78 is 0. The van der Waals surface area contributed by atoms with Crippen molar-refractivity contribution < 1.29 is 9.59 Å². The fourth-order valence-electron chi connectivity index (χ4n) is 1.66. The molecule has 0 saturated heterocycles. The molecule has 0 aromatic heterocycles. The molecule has 1 rings (SSSR count). The molecule has 2 nitrogen and oxygen atoms in total. The Hall–Kier alpha value is -1.44. The number of ketones is 2. The number of carbonyl (C=O) groups is 2. The monoisotopic (exact) mass is 246 g/mol. The Morgan fingerprint density at radius 2 is 1.61 bits per heavy atom. The summed E-state index contributed by atoms with van der Waals surface area (Å²) in [5.74, 6) is -0.0943. The van der Waals surface area contributed by atoms with Crippen molar-refractivity contribution in [1.29, 1.82) is 0 Å². The van der Waals surface area contributed by atoms with E-state index in [0.717, 1.165) is 12.8 Å². The van der Waals surface area contributed by atoms with Crippen LogP contribution in [-0.2, 0) is 11.2 Å². The second-order valence-electron chi connectivity index (χ2n) is 5.72. The van der Waals surface area contributed by atoms with Gasteiger partial charge in [-0.05, 0) is 12.0 Å². The van der Waals surface area contributed by atoms with Crippen LogP contribution in [0.3, 0.4) is 0 Å². The Morgan fingerprint density at radius 3 is 2.06 bits per heavy atom. The van der Waals surface area contributed by atoms with Crippen LogP contribution in [0.1, 0.15) is 56.5 Å². The zero-order valence-corrected chi connectivity index (χ0v) is 11.7. The van der Waals surface area contributed by atoms with Gasteiger partial charge in [-0.3, -0.25) is 9.59 Å². The third-order valence-electron chi connectivity index (χ3n) is 2.97. The second-order valence-corrected chi connectivity index (χ2v) is 5.72. The van der Waals surface area contributed by atoms with Gasteiger partial charge in [0.1, 0.15) is 5.78 Å². The van der Waals surface area contributed by atoms with Crippen LogP contribution in [0, 0.1) is 5.41 Å². The summed E-state index contributed by atoms with van der Waals surface area (Å²) in [6.07, 6.45) is 2.11. The lowest BCUT2D eigenvalue weighted by atomic mass is 9.87. The van der Waals surface area contributed by atoms with Crippen molar-refractivity contribution in [3.8, 4) is 0 Å². The average molecular weight is 246 g/mol. The van der Waals surface area contributed by atoms with Gasteiger partial charge in [-0.2, -0.15) is 0 Å². The van der Waals surface area contributed by atoms with Gasteiger partial charge in [-0.1, -0.05) is 58.4 Å². The maximum Gasteiger partial charge on any atom is 0.170 e. The van der Waals surface area contributed by atoms with Crippen LogP contribution in [0.15, 0.2) is 24.3 Å². The topological polar surface area (TPSA) is 34.1 Å². The summed E-state index contributed by atoms with van der Waals surface area (Å²) in [4.78, 5) is 23.7. The van der Waals surface area contributed by atoms with E-state index in [1.165, 1.54) is 5.56 Å². The Balaban J connectivity index is 2.70. The van der Waals surface area contributed by atoms with Gasteiger partial charge < -0.3 is 0 Å². The van der Waals surface area contributed by atoms with E-state index in [4.69, 9.17) is 0 Å². The van der Waals surface area contributed by atoms with Crippen LogP contribution < -0.4 is 0 Å². The first kappa shape index (κ1) is 14.6. The van der Waals surface area contributed by atoms with Crippen LogP contribution in [0.25, 0.3) is 0 Å². The van der Waals surface area contributed by atoms with Gasteiger partial charge in [0.05, 0.1) is 6.42 Å². The number of Topliss-reactive ketones (excluding diaryl/α,β-unsaturated/α-hetero) is 2. The smallest absolute Gasteiger partial charge is 0.170 e. The zero-order valence-electron chi connectivity index (χ0n) is 11.7. The van der Waals surface area contributed by atoms with Crippen molar-refractivity contribution in [2.24, 2.45) is 5.41 Å². The standard InChI is InChI=1S/C16H22O2/c1-5-6-12-7-9-13(10-8-12)14(17)11-15(18)16(2,3)4/h7-10H,5-6,11H2,1-4H3. The normalized spacial score (nSPS) is 11.3. The fraction of sp³-hybridized carbons (Fsp3) is 0.500. The first-order valence-electron chi connectivity index (χ1n) is 6.50. The molecule has 0 heterocycles. The number of hydrogen-bond donors (Lipinski definition) is 0. The molecule has 18 heavy (non-hydrogen) atoms. The van der Waals surface area contributed by atoms with Crippen molar-refractivity contribution in [1.82, 2.24) is 0 Å². The lowest BCUT2D eigenvalue weighted by molar-refractivity contribution is -0.125. The Bertz CT molecular complexity index is 421. The van der Waals surface area contributed by atoms with Crippen LogP contribution in [0.5, 0.6) is 0 Å². The van der Waals surface area contributed by atoms with Gasteiger partial charge in [0.15, 0.2) is 5.78 Å². The first-order valence-corrected chi connectivity index (χ1v) is 6.50. The van der Waals surface area contributed by atoms with Gasteiger partial charge in [0, 0.05) is 11.0 Å². The van der Waals surface area contributed by atoms with Crippen molar-refractivity contribution in [2.75, 3.05) is 0 Å². The lowest BCUT2D eigenvalue weighted by Gasteiger charge is -2.15. The summed E-state index contributed by atoms with van der Waals surface area (Å²) in [6, 6.07) is 7.59. The SMILES string of the molecule is CCCc1ccc(C(=O)CC(=O)C(C)(C)C)cc1.